The molecule has 0 aromatic heterocycles. The molecule has 1 rings (SSSR count). The van der Waals surface area contributed by atoms with Crippen molar-refractivity contribution in [2.45, 2.75) is 6.54 Å². The highest BCUT2D eigenvalue weighted by molar-refractivity contribution is 6.42. The maximum absolute atomic E-state index is 6.07. The Morgan fingerprint density at radius 3 is 2.65 bits per heavy atom. The molecule has 0 aliphatic heterocycles. The minimum atomic E-state index is 0.601. The number of benzene rings is 1. The molecule has 17 heavy (non-hydrogen) atoms. The number of hydrogen-bond acceptors (Lipinski definition) is 3. The second kappa shape index (κ2) is 8.72. The van der Waals surface area contributed by atoms with Crippen LogP contribution in [0.5, 0.6) is 0 Å². The van der Waals surface area contributed by atoms with E-state index in [0.717, 1.165) is 38.3 Å². The molecule has 0 radical (unpaired) electrons. The molecule has 0 unspecified atom stereocenters. The van der Waals surface area contributed by atoms with E-state index < -0.39 is 0 Å². The molecular formula is C12H18Cl2N2O. The summed E-state index contributed by atoms with van der Waals surface area (Å²) in [6.07, 6.45) is 0. The van der Waals surface area contributed by atoms with E-state index in [1.54, 1.807) is 13.2 Å². The molecule has 0 atom stereocenters. The van der Waals surface area contributed by atoms with Crippen molar-refractivity contribution in [2.75, 3.05) is 33.4 Å². The van der Waals surface area contributed by atoms with Crippen molar-refractivity contribution in [3.63, 3.8) is 0 Å². The largest absolute Gasteiger partial charge is 0.383 e. The van der Waals surface area contributed by atoms with Gasteiger partial charge in [-0.2, -0.15) is 0 Å². The summed E-state index contributed by atoms with van der Waals surface area (Å²) in [6, 6.07) is 5.67. The maximum Gasteiger partial charge on any atom is 0.0637 e. The quantitative estimate of drug-likeness (QED) is 0.715. The monoisotopic (exact) mass is 276 g/mol. The van der Waals surface area contributed by atoms with Gasteiger partial charge in [0.1, 0.15) is 0 Å². The third-order valence-corrected chi connectivity index (χ3v) is 3.17. The van der Waals surface area contributed by atoms with Gasteiger partial charge in [0.05, 0.1) is 16.7 Å². The highest BCUT2D eigenvalue weighted by atomic mass is 35.5. The van der Waals surface area contributed by atoms with E-state index in [1.807, 2.05) is 12.1 Å². The zero-order valence-corrected chi connectivity index (χ0v) is 11.4. The maximum atomic E-state index is 6.07. The third kappa shape index (κ3) is 5.70. The smallest absolute Gasteiger partial charge is 0.0637 e. The molecular weight excluding hydrogens is 259 g/mol. The van der Waals surface area contributed by atoms with Crippen molar-refractivity contribution in [1.82, 2.24) is 10.6 Å². The Morgan fingerprint density at radius 2 is 1.88 bits per heavy atom. The molecule has 0 heterocycles. The lowest BCUT2D eigenvalue weighted by molar-refractivity contribution is 0.199. The van der Waals surface area contributed by atoms with Gasteiger partial charge in [-0.15, -0.1) is 0 Å². The zero-order chi connectivity index (χ0) is 12.5. The van der Waals surface area contributed by atoms with Crippen molar-refractivity contribution >= 4 is 23.2 Å². The van der Waals surface area contributed by atoms with Gasteiger partial charge in [0.25, 0.3) is 0 Å². The van der Waals surface area contributed by atoms with Gasteiger partial charge in [-0.25, -0.2) is 0 Å². The van der Waals surface area contributed by atoms with Crippen molar-refractivity contribution in [1.29, 1.82) is 0 Å². The highest BCUT2D eigenvalue weighted by Crippen LogP contribution is 2.25. The number of nitrogens with one attached hydrogen (secondary N) is 2. The normalized spacial score (nSPS) is 10.8. The van der Waals surface area contributed by atoms with E-state index in [4.69, 9.17) is 27.9 Å². The molecule has 1 aromatic carbocycles. The van der Waals surface area contributed by atoms with Crippen molar-refractivity contribution in [3.05, 3.63) is 33.8 Å². The lowest BCUT2D eigenvalue weighted by Crippen LogP contribution is -2.29. The standard InChI is InChI=1S/C12H18Cl2N2O/c1-17-8-7-15-5-6-16-9-10-3-2-4-11(13)12(10)14/h2-4,15-16H,5-9H2,1H3. The van der Waals surface area contributed by atoms with Crippen LogP contribution in [0.25, 0.3) is 0 Å². The van der Waals surface area contributed by atoms with Crippen LogP contribution in [0.1, 0.15) is 5.56 Å². The van der Waals surface area contributed by atoms with E-state index in [-0.39, 0.29) is 0 Å². The van der Waals surface area contributed by atoms with E-state index in [9.17, 15) is 0 Å². The Kier molecular flexibility index (Phi) is 7.56. The SMILES string of the molecule is COCCNCCNCc1cccc(Cl)c1Cl. The van der Waals surface area contributed by atoms with Gasteiger partial charge in [-0.1, -0.05) is 35.3 Å². The summed E-state index contributed by atoms with van der Waals surface area (Å²) in [7, 11) is 1.70. The van der Waals surface area contributed by atoms with Crippen LogP contribution in [0.3, 0.4) is 0 Å². The first-order chi connectivity index (χ1) is 8.25. The first-order valence-electron chi connectivity index (χ1n) is 5.59. The summed E-state index contributed by atoms with van der Waals surface area (Å²) < 4.78 is 4.93. The Hall–Kier alpha value is -0.320. The van der Waals surface area contributed by atoms with Crippen LogP contribution >= 0.6 is 23.2 Å². The molecule has 0 spiro atoms. The van der Waals surface area contributed by atoms with Gasteiger partial charge in [0.2, 0.25) is 0 Å². The fourth-order valence-electron chi connectivity index (χ4n) is 1.38. The van der Waals surface area contributed by atoms with Gasteiger partial charge < -0.3 is 15.4 Å². The number of methoxy groups -OCH3 is 1. The van der Waals surface area contributed by atoms with Crippen molar-refractivity contribution in [3.8, 4) is 0 Å². The minimum Gasteiger partial charge on any atom is -0.383 e. The molecule has 0 aliphatic rings. The second-order valence-electron chi connectivity index (χ2n) is 3.63. The van der Waals surface area contributed by atoms with Crippen LogP contribution in [0.4, 0.5) is 0 Å². The van der Waals surface area contributed by atoms with Gasteiger partial charge in [-0.05, 0) is 11.6 Å². The molecule has 0 amide bonds. The minimum absolute atomic E-state index is 0.601. The fourth-order valence-corrected chi connectivity index (χ4v) is 1.77. The lowest BCUT2D eigenvalue weighted by Gasteiger charge is -2.08. The van der Waals surface area contributed by atoms with E-state index in [1.165, 1.54) is 0 Å². The molecule has 0 saturated heterocycles. The Morgan fingerprint density at radius 1 is 1.12 bits per heavy atom. The van der Waals surface area contributed by atoms with E-state index >= 15 is 0 Å². The summed E-state index contributed by atoms with van der Waals surface area (Å²) >= 11 is 12.0. The van der Waals surface area contributed by atoms with Crippen LogP contribution in [0, 0.1) is 0 Å². The van der Waals surface area contributed by atoms with Gasteiger partial charge in [0, 0.05) is 33.3 Å². The van der Waals surface area contributed by atoms with Gasteiger partial charge in [-0.3, -0.25) is 0 Å². The van der Waals surface area contributed by atoms with Crippen molar-refractivity contribution in [2.24, 2.45) is 0 Å². The predicted molar refractivity (Wildman–Crippen MR) is 72.9 cm³/mol. The molecule has 3 nitrogen and oxygen atoms in total. The fraction of sp³-hybridized carbons (Fsp3) is 0.500. The van der Waals surface area contributed by atoms with Crippen LogP contribution in [0.15, 0.2) is 18.2 Å². The molecule has 2 N–H and O–H groups in total. The summed E-state index contributed by atoms with van der Waals surface area (Å²) in [6.45, 7) is 4.12. The average Bonchev–Trinajstić information content (AvgIpc) is 2.33. The molecule has 0 fully saturated rings. The van der Waals surface area contributed by atoms with Crippen LogP contribution in [-0.2, 0) is 11.3 Å². The van der Waals surface area contributed by atoms with Crippen LogP contribution in [0.2, 0.25) is 10.0 Å². The summed E-state index contributed by atoms with van der Waals surface area (Å²) in [5, 5.41) is 7.79. The summed E-state index contributed by atoms with van der Waals surface area (Å²) in [5.74, 6) is 0. The van der Waals surface area contributed by atoms with Crippen molar-refractivity contribution < 1.29 is 4.74 Å². The summed E-state index contributed by atoms with van der Waals surface area (Å²) in [4.78, 5) is 0. The molecule has 96 valence electrons. The van der Waals surface area contributed by atoms with Crippen LogP contribution < -0.4 is 10.6 Å². The van der Waals surface area contributed by atoms with E-state index in [0.29, 0.717) is 10.0 Å². The summed E-state index contributed by atoms with van der Waals surface area (Å²) in [5.41, 5.74) is 1.02. The third-order valence-electron chi connectivity index (χ3n) is 2.31. The van der Waals surface area contributed by atoms with Gasteiger partial charge >= 0.3 is 0 Å². The first kappa shape index (κ1) is 14.7. The Labute approximate surface area is 112 Å². The molecule has 0 bridgehead atoms. The highest BCUT2D eigenvalue weighted by Gasteiger charge is 2.02. The van der Waals surface area contributed by atoms with E-state index in [2.05, 4.69) is 10.6 Å². The number of hydrogen-bond donors (Lipinski definition) is 2. The Balaban J connectivity index is 2.16. The molecule has 0 saturated carbocycles. The first-order valence-corrected chi connectivity index (χ1v) is 6.34. The molecule has 5 heteroatoms. The van der Waals surface area contributed by atoms with Gasteiger partial charge in [0.15, 0.2) is 0 Å². The number of rotatable bonds is 8. The second-order valence-corrected chi connectivity index (χ2v) is 4.42. The predicted octanol–water partition coefficient (Wildman–Crippen LogP) is 2.32. The Bertz CT molecular complexity index is 334. The zero-order valence-electron chi connectivity index (χ0n) is 9.93. The topological polar surface area (TPSA) is 33.3 Å². The van der Waals surface area contributed by atoms with Crippen LogP contribution in [-0.4, -0.2) is 33.4 Å². The molecule has 0 aliphatic carbocycles. The lowest BCUT2D eigenvalue weighted by atomic mass is 10.2. The number of ether oxygens (including phenoxy) is 1. The molecule has 1 aromatic rings. The average molecular weight is 277 g/mol. The number of halogens is 2.